The average Bonchev–Trinajstić information content (AvgIpc) is 3.05. The number of allylic oxidation sites excluding steroid dienone is 7. The highest BCUT2D eigenvalue weighted by Gasteiger charge is 2.18. The minimum atomic E-state index is -0.780. The van der Waals surface area contributed by atoms with E-state index in [1.54, 1.807) is 6.07 Å². The van der Waals surface area contributed by atoms with E-state index in [2.05, 4.69) is 142 Å². The second-order valence-electron chi connectivity index (χ2n) is 14.1. The summed E-state index contributed by atoms with van der Waals surface area (Å²) in [6.45, 7) is 38.4. The number of nitrogens with zero attached hydrogens (tertiary/aromatic N) is 1. The van der Waals surface area contributed by atoms with Crippen molar-refractivity contribution in [2.24, 2.45) is 11.1 Å². The Bertz CT molecular complexity index is 1570. The molecule has 0 aliphatic carbocycles. The average molecular weight is 685 g/mol. The monoisotopic (exact) mass is 685 g/mol. The van der Waals surface area contributed by atoms with Crippen LogP contribution in [-0.2, 0) is 12.8 Å². The molecule has 0 radical (unpaired) electrons. The highest BCUT2D eigenvalue weighted by molar-refractivity contribution is 5.69. The fraction of sp³-hybridized carbons (Fsp3) is 0.391. The van der Waals surface area contributed by atoms with Crippen molar-refractivity contribution in [1.29, 1.82) is 0 Å². The summed E-state index contributed by atoms with van der Waals surface area (Å²) in [5.41, 5.74) is 18.7. The molecule has 0 aromatic heterocycles. The molecule has 4 heteroatoms. The lowest BCUT2D eigenvalue weighted by Crippen LogP contribution is -2.30. The number of hydrogen-bond acceptors (Lipinski definition) is 2. The van der Waals surface area contributed by atoms with E-state index in [-0.39, 0.29) is 5.41 Å². The summed E-state index contributed by atoms with van der Waals surface area (Å²) in [6.07, 6.45) is 5.85. The topological polar surface area (TPSA) is 29.3 Å². The second kappa shape index (κ2) is 23.3. The van der Waals surface area contributed by atoms with Crippen LogP contribution in [0.1, 0.15) is 113 Å². The lowest BCUT2D eigenvalue weighted by molar-refractivity contribution is 0.275. The van der Waals surface area contributed by atoms with Gasteiger partial charge >= 0.3 is 0 Å². The van der Waals surface area contributed by atoms with Gasteiger partial charge in [0.05, 0.1) is 0 Å². The molecule has 0 heterocycles. The molecule has 0 fully saturated rings. The van der Waals surface area contributed by atoms with E-state index < -0.39 is 11.6 Å². The van der Waals surface area contributed by atoms with Crippen LogP contribution in [0.25, 0.3) is 16.7 Å². The highest BCUT2D eigenvalue weighted by Crippen LogP contribution is 2.26. The van der Waals surface area contributed by atoms with Gasteiger partial charge in [0.2, 0.25) is 0 Å². The van der Waals surface area contributed by atoms with Gasteiger partial charge in [0, 0.05) is 30.1 Å². The molecule has 3 aromatic rings. The Kier molecular flexibility index (Phi) is 21.3. The maximum Gasteiger partial charge on any atom is 0.159 e. The molecule has 0 atom stereocenters. The molecular formula is C46H66F2N2. The fourth-order valence-corrected chi connectivity index (χ4v) is 4.66. The van der Waals surface area contributed by atoms with Crippen LogP contribution in [0.15, 0.2) is 121 Å². The van der Waals surface area contributed by atoms with E-state index in [0.717, 1.165) is 60.0 Å². The van der Waals surface area contributed by atoms with Crippen LogP contribution in [0.5, 0.6) is 0 Å². The third-order valence-corrected chi connectivity index (χ3v) is 7.59. The van der Waals surface area contributed by atoms with Crippen molar-refractivity contribution in [2.45, 2.75) is 109 Å². The number of halogens is 2. The van der Waals surface area contributed by atoms with Crippen molar-refractivity contribution < 1.29 is 8.78 Å². The third kappa shape index (κ3) is 18.0. The molecule has 3 aromatic carbocycles. The highest BCUT2D eigenvalue weighted by atomic mass is 19.2. The molecule has 0 aliphatic heterocycles. The molecule has 0 saturated heterocycles. The number of hydrogen-bond donors (Lipinski definition) is 1. The zero-order chi connectivity index (χ0) is 38.6. The molecular weight excluding hydrogens is 619 g/mol. The fourth-order valence-electron chi connectivity index (χ4n) is 4.66. The summed E-state index contributed by atoms with van der Waals surface area (Å²) >= 11 is 0. The van der Waals surface area contributed by atoms with Gasteiger partial charge in [-0.15, -0.1) is 0 Å². The maximum absolute atomic E-state index is 12.4. The Morgan fingerprint density at radius 3 is 1.78 bits per heavy atom. The van der Waals surface area contributed by atoms with Crippen LogP contribution in [-0.4, -0.2) is 11.4 Å². The number of aryl methyl sites for hydroxylation is 1. The van der Waals surface area contributed by atoms with Crippen LogP contribution >= 0.6 is 0 Å². The molecule has 0 bridgehead atoms. The molecule has 2 nitrogen and oxygen atoms in total. The zero-order valence-corrected chi connectivity index (χ0v) is 33.4. The lowest BCUT2D eigenvalue weighted by Gasteiger charge is -2.33. The van der Waals surface area contributed by atoms with E-state index >= 15 is 0 Å². The van der Waals surface area contributed by atoms with Gasteiger partial charge in [0.15, 0.2) is 11.6 Å². The first-order chi connectivity index (χ1) is 23.3. The Morgan fingerprint density at radius 2 is 1.34 bits per heavy atom. The molecule has 2 N–H and O–H groups in total. The normalized spacial score (nSPS) is 11.4. The van der Waals surface area contributed by atoms with Crippen LogP contribution in [0.4, 0.5) is 8.78 Å². The Labute approximate surface area is 305 Å². The molecule has 0 amide bonds. The summed E-state index contributed by atoms with van der Waals surface area (Å²) in [7, 11) is 0. The van der Waals surface area contributed by atoms with Crippen molar-refractivity contribution in [1.82, 2.24) is 4.90 Å². The third-order valence-electron chi connectivity index (χ3n) is 7.59. The smallest absolute Gasteiger partial charge is 0.159 e. The van der Waals surface area contributed by atoms with E-state index in [9.17, 15) is 8.78 Å². The van der Waals surface area contributed by atoms with Gasteiger partial charge in [-0.3, -0.25) is 0 Å². The van der Waals surface area contributed by atoms with Gasteiger partial charge in [-0.1, -0.05) is 146 Å². The first-order valence-corrected chi connectivity index (χ1v) is 17.8. The van der Waals surface area contributed by atoms with Gasteiger partial charge in [0.1, 0.15) is 0 Å². The van der Waals surface area contributed by atoms with Gasteiger partial charge in [0.25, 0.3) is 0 Å². The van der Waals surface area contributed by atoms with Crippen molar-refractivity contribution in [3.05, 3.63) is 149 Å². The second-order valence-corrected chi connectivity index (χ2v) is 14.1. The minimum Gasteiger partial charge on any atom is -0.402 e. The predicted octanol–water partition coefficient (Wildman–Crippen LogP) is 13.9. The Hall–Kier alpha value is -4.18. The van der Waals surface area contributed by atoms with Crippen molar-refractivity contribution in [2.75, 3.05) is 6.54 Å². The molecule has 274 valence electrons. The minimum absolute atomic E-state index is 0.259. The largest absolute Gasteiger partial charge is 0.402 e. The maximum atomic E-state index is 12.4. The van der Waals surface area contributed by atoms with Crippen molar-refractivity contribution in [3.63, 3.8) is 0 Å². The van der Waals surface area contributed by atoms with Gasteiger partial charge < -0.3 is 10.6 Å². The van der Waals surface area contributed by atoms with Gasteiger partial charge in [-0.05, 0) is 98.4 Å². The first-order valence-electron chi connectivity index (χ1n) is 17.8. The Morgan fingerprint density at radius 1 is 0.760 bits per heavy atom. The molecule has 0 aliphatic rings. The summed E-state index contributed by atoms with van der Waals surface area (Å²) < 4.78 is 24.7. The SMILES string of the molecule is C=C(C)/C(C)=C(/C)N(CC(C)(C)C)C(=C)C.C=C(C)c1ccc(-c2cccc(CC(N)=CCC)c2)cc1.CCC.CCc1ccc(F)c(F)c1. The van der Waals surface area contributed by atoms with E-state index in [0.29, 0.717) is 0 Å². The van der Waals surface area contributed by atoms with Crippen molar-refractivity contribution in [3.8, 4) is 11.1 Å². The predicted molar refractivity (Wildman–Crippen MR) is 219 cm³/mol. The number of nitrogens with two attached hydrogens (primary N) is 1. The quantitative estimate of drug-likeness (QED) is 0.215. The molecule has 50 heavy (non-hydrogen) atoms. The molecule has 0 spiro atoms. The van der Waals surface area contributed by atoms with E-state index in [1.807, 2.05) is 20.8 Å². The molecule has 0 unspecified atom stereocenters. The lowest BCUT2D eigenvalue weighted by atomic mass is 9.95. The van der Waals surface area contributed by atoms with Crippen LogP contribution < -0.4 is 5.73 Å². The van der Waals surface area contributed by atoms with E-state index in [4.69, 9.17) is 5.73 Å². The number of rotatable bonds is 10. The molecule has 3 rings (SSSR count). The standard InChI is InChI=1S/C20H23N.C15H27N.C8H8F2.C3H8/c1-4-6-20(21)14-16-7-5-8-19(13-16)18-11-9-17(10-12-18)15(2)3;1-11(2)13(5)14(6)16(12(3)4)10-15(7,8)9;1-2-6-3-4-7(9)8(10)5-6;1-3-2/h5-13H,2,4,14,21H2,1,3H3;1,3,10H2,2,4-9H3;3-5H,2H2,1H3;3H2,1-2H3/b;14-13-;;. The Balaban J connectivity index is 0.000000731. The van der Waals surface area contributed by atoms with Gasteiger partial charge in [-0.2, -0.15) is 0 Å². The summed E-state index contributed by atoms with van der Waals surface area (Å²) in [5.74, 6) is -1.54. The summed E-state index contributed by atoms with van der Waals surface area (Å²) in [5, 5.41) is 0. The van der Waals surface area contributed by atoms with E-state index in [1.165, 1.54) is 46.0 Å². The van der Waals surface area contributed by atoms with Crippen LogP contribution in [0.3, 0.4) is 0 Å². The zero-order valence-electron chi connectivity index (χ0n) is 33.4. The van der Waals surface area contributed by atoms with Crippen molar-refractivity contribution >= 4 is 5.57 Å². The first kappa shape index (κ1) is 45.8. The number of benzene rings is 3. The molecule has 0 saturated carbocycles. The van der Waals surface area contributed by atoms with Gasteiger partial charge in [-0.25, -0.2) is 8.78 Å². The summed E-state index contributed by atoms with van der Waals surface area (Å²) in [4.78, 5) is 2.28. The van der Waals surface area contributed by atoms with Crippen LogP contribution in [0, 0.1) is 17.0 Å². The van der Waals surface area contributed by atoms with Crippen LogP contribution in [0.2, 0.25) is 0 Å². The summed E-state index contributed by atoms with van der Waals surface area (Å²) in [6, 6.07) is 21.1.